The molecule has 6 heteroatoms. The predicted octanol–water partition coefficient (Wildman–Crippen LogP) is 3.25. The minimum atomic E-state index is -3.41. The van der Waals surface area contributed by atoms with Crippen LogP contribution >= 0.6 is 11.3 Å². The van der Waals surface area contributed by atoms with Gasteiger partial charge < -0.3 is 0 Å². The van der Waals surface area contributed by atoms with Gasteiger partial charge in [0.15, 0.2) is 0 Å². The van der Waals surface area contributed by atoms with Crippen LogP contribution in [0.5, 0.6) is 0 Å². The Labute approximate surface area is 128 Å². The van der Waals surface area contributed by atoms with E-state index in [0.717, 1.165) is 35.9 Å². The highest BCUT2D eigenvalue weighted by Gasteiger charge is 2.54. The van der Waals surface area contributed by atoms with E-state index in [9.17, 15) is 8.42 Å². The number of sulfonamides is 1. The molecule has 0 amide bonds. The first-order chi connectivity index (χ1) is 10.0. The maximum atomic E-state index is 13.1. The Morgan fingerprint density at radius 2 is 2.14 bits per heavy atom. The van der Waals surface area contributed by atoms with E-state index in [4.69, 9.17) is 0 Å². The highest BCUT2D eigenvalue weighted by Crippen LogP contribution is 2.51. The Morgan fingerprint density at radius 3 is 2.90 bits per heavy atom. The van der Waals surface area contributed by atoms with Crippen LogP contribution < -0.4 is 0 Å². The van der Waals surface area contributed by atoms with Gasteiger partial charge in [-0.2, -0.15) is 4.31 Å². The van der Waals surface area contributed by atoms with Crippen molar-refractivity contribution in [3.8, 4) is 0 Å². The van der Waals surface area contributed by atoms with Gasteiger partial charge in [0.05, 0.1) is 20.6 Å². The molecular weight excluding hydrogens is 304 g/mol. The normalized spacial score (nSPS) is 25.5. The van der Waals surface area contributed by atoms with Crippen LogP contribution in [-0.4, -0.2) is 29.8 Å². The number of benzene rings is 1. The maximum Gasteiger partial charge on any atom is 0.243 e. The predicted molar refractivity (Wildman–Crippen MR) is 83.9 cm³/mol. The van der Waals surface area contributed by atoms with Gasteiger partial charge in [0, 0.05) is 12.1 Å². The van der Waals surface area contributed by atoms with Crippen LogP contribution in [0.1, 0.15) is 32.6 Å². The van der Waals surface area contributed by atoms with Gasteiger partial charge in [0.25, 0.3) is 0 Å². The molecule has 0 radical (unpaired) electrons. The van der Waals surface area contributed by atoms with Gasteiger partial charge in [0.1, 0.15) is 0 Å². The molecule has 21 heavy (non-hydrogen) atoms. The van der Waals surface area contributed by atoms with E-state index in [2.05, 4.69) is 11.9 Å². The number of hydrogen-bond acceptors (Lipinski definition) is 4. The molecule has 2 aliphatic rings. The first-order valence-electron chi connectivity index (χ1n) is 7.37. The van der Waals surface area contributed by atoms with Crippen LogP contribution in [-0.2, 0) is 10.0 Å². The summed E-state index contributed by atoms with van der Waals surface area (Å²) >= 11 is 1.54. The molecule has 1 aromatic carbocycles. The summed E-state index contributed by atoms with van der Waals surface area (Å²) in [6.07, 6.45) is 4.17. The Hall–Kier alpha value is -0.980. The summed E-state index contributed by atoms with van der Waals surface area (Å²) in [5, 5.41) is 0. The zero-order chi connectivity index (χ0) is 14.7. The number of hydrogen-bond donors (Lipinski definition) is 0. The minimum absolute atomic E-state index is 0.0810. The first kappa shape index (κ1) is 13.7. The van der Waals surface area contributed by atoms with Crippen molar-refractivity contribution in [3.05, 3.63) is 23.7 Å². The average molecular weight is 322 g/mol. The maximum absolute atomic E-state index is 13.1. The lowest BCUT2D eigenvalue weighted by Crippen LogP contribution is -2.48. The monoisotopic (exact) mass is 322 g/mol. The second-order valence-corrected chi connectivity index (χ2v) is 9.13. The summed E-state index contributed by atoms with van der Waals surface area (Å²) in [7, 11) is -3.41. The van der Waals surface area contributed by atoms with Crippen LogP contribution in [0.15, 0.2) is 28.6 Å². The molecule has 1 aromatic heterocycles. The molecule has 2 fully saturated rings. The zero-order valence-electron chi connectivity index (χ0n) is 11.9. The summed E-state index contributed by atoms with van der Waals surface area (Å²) in [6.45, 7) is 2.79. The van der Waals surface area contributed by atoms with E-state index >= 15 is 0 Å². The van der Waals surface area contributed by atoms with E-state index < -0.39 is 10.0 Å². The van der Waals surface area contributed by atoms with E-state index in [1.54, 1.807) is 21.9 Å². The molecule has 2 heterocycles. The average Bonchev–Trinajstić information content (AvgIpc) is 3.07. The van der Waals surface area contributed by atoms with E-state index in [0.29, 0.717) is 17.4 Å². The summed E-state index contributed by atoms with van der Waals surface area (Å²) in [4.78, 5) is 4.63. The topological polar surface area (TPSA) is 50.3 Å². The van der Waals surface area contributed by atoms with Crippen LogP contribution in [0.3, 0.4) is 0 Å². The van der Waals surface area contributed by atoms with Crippen LogP contribution in [0.25, 0.3) is 10.2 Å². The minimum Gasteiger partial charge on any atom is -0.245 e. The molecule has 1 atom stereocenters. The molecule has 1 spiro atoms. The lowest BCUT2D eigenvalue weighted by Gasteiger charge is -2.38. The number of aromatic nitrogens is 1. The zero-order valence-corrected chi connectivity index (χ0v) is 13.6. The molecular formula is C15H18N2O2S2. The molecule has 4 nitrogen and oxygen atoms in total. The fraction of sp³-hybridized carbons (Fsp3) is 0.533. The Morgan fingerprint density at radius 1 is 1.33 bits per heavy atom. The van der Waals surface area contributed by atoms with Crippen LogP contribution in [0.4, 0.5) is 0 Å². The van der Waals surface area contributed by atoms with E-state index in [1.165, 1.54) is 11.3 Å². The van der Waals surface area contributed by atoms with Crippen molar-refractivity contribution >= 4 is 31.6 Å². The van der Waals surface area contributed by atoms with Crippen molar-refractivity contribution in [1.29, 1.82) is 0 Å². The van der Waals surface area contributed by atoms with Crippen molar-refractivity contribution in [2.75, 3.05) is 6.54 Å². The summed E-state index contributed by atoms with van der Waals surface area (Å²) in [6, 6.07) is 5.31. The second-order valence-electron chi connectivity index (χ2n) is 6.39. The van der Waals surface area contributed by atoms with Gasteiger partial charge in [-0.15, -0.1) is 11.3 Å². The molecule has 1 saturated carbocycles. The highest BCUT2D eigenvalue weighted by atomic mass is 32.2. The van der Waals surface area contributed by atoms with Gasteiger partial charge in [-0.25, -0.2) is 13.4 Å². The standard InChI is InChI=1S/C15H18N2O2S2/c1-11-4-5-15(6-7-15)17(9-11)21(18,19)12-2-3-14-13(8-12)16-10-20-14/h2-3,8,10-11H,4-7,9H2,1H3. The van der Waals surface area contributed by atoms with Gasteiger partial charge in [-0.05, 0) is 49.8 Å². The molecule has 0 N–H and O–H groups in total. The molecule has 0 bridgehead atoms. The van der Waals surface area contributed by atoms with Gasteiger partial charge in [-0.1, -0.05) is 6.92 Å². The number of nitrogens with zero attached hydrogens (tertiary/aromatic N) is 2. The Balaban J connectivity index is 1.77. The quantitative estimate of drug-likeness (QED) is 0.853. The van der Waals surface area contributed by atoms with Crippen molar-refractivity contribution in [2.45, 2.75) is 43.0 Å². The molecule has 112 valence electrons. The Kier molecular flexibility index (Phi) is 2.93. The summed E-state index contributed by atoms with van der Waals surface area (Å²) in [5.41, 5.74) is 2.45. The molecule has 2 aromatic rings. The molecule has 1 unspecified atom stereocenters. The fourth-order valence-electron chi connectivity index (χ4n) is 3.33. The van der Waals surface area contributed by atoms with Crippen LogP contribution in [0.2, 0.25) is 0 Å². The van der Waals surface area contributed by atoms with Crippen molar-refractivity contribution < 1.29 is 8.42 Å². The van der Waals surface area contributed by atoms with Crippen LogP contribution in [0, 0.1) is 5.92 Å². The lowest BCUT2D eigenvalue weighted by molar-refractivity contribution is 0.187. The third kappa shape index (κ3) is 2.12. The highest BCUT2D eigenvalue weighted by molar-refractivity contribution is 7.89. The first-order valence-corrected chi connectivity index (χ1v) is 9.69. The van der Waals surface area contributed by atoms with Gasteiger partial charge in [0.2, 0.25) is 10.0 Å². The van der Waals surface area contributed by atoms with E-state index in [-0.39, 0.29) is 5.54 Å². The number of thiazole rings is 1. The summed E-state index contributed by atoms with van der Waals surface area (Å²) < 4.78 is 28.9. The largest absolute Gasteiger partial charge is 0.245 e. The van der Waals surface area contributed by atoms with Crippen molar-refractivity contribution in [3.63, 3.8) is 0 Å². The molecule has 1 aliphatic carbocycles. The molecule has 4 rings (SSSR count). The van der Waals surface area contributed by atoms with Crippen molar-refractivity contribution in [2.24, 2.45) is 5.92 Å². The van der Waals surface area contributed by atoms with Gasteiger partial charge in [-0.3, -0.25) is 0 Å². The second kappa shape index (κ2) is 4.51. The fourth-order valence-corrected chi connectivity index (χ4v) is 5.98. The van der Waals surface area contributed by atoms with Crippen molar-refractivity contribution in [1.82, 2.24) is 9.29 Å². The number of piperidine rings is 1. The Bertz CT molecular complexity index is 793. The molecule has 1 aliphatic heterocycles. The third-order valence-electron chi connectivity index (χ3n) is 4.83. The number of rotatable bonds is 2. The lowest BCUT2D eigenvalue weighted by atomic mass is 9.95. The van der Waals surface area contributed by atoms with Gasteiger partial charge >= 0.3 is 0 Å². The number of fused-ring (bicyclic) bond motifs is 1. The third-order valence-corrected chi connectivity index (χ3v) is 7.60. The smallest absolute Gasteiger partial charge is 0.243 e. The SMILES string of the molecule is CC1CCC2(CC2)N(S(=O)(=O)c2ccc3scnc3c2)C1. The van der Waals surface area contributed by atoms with E-state index in [1.807, 2.05) is 6.07 Å². The summed E-state index contributed by atoms with van der Waals surface area (Å²) in [5.74, 6) is 0.439. The molecule has 1 saturated heterocycles.